The summed E-state index contributed by atoms with van der Waals surface area (Å²) in [6, 6.07) is 0. The molecule has 3 rings (SSSR count). The minimum atomic E-state index is -3.39. The van der Waals surface area contributed by atoms with E-state index in [1.54, 1.807) is 5.57 Å². The van der Waals surface area contributed by atoms with E-state index in [1.165, 1.54) is 25.7 Å². The molecule has 0 aromatic rings. The zero-order valence-corrected chi connectivity index (χ0v) is 17.1. The highest BCUT2D eigenvalue weighted by molar-refractivity contribution is 7.85. The summed E-state index contributed by atoms with van der Waals surface area (Å²) in [5, 5.41) is 0. The van der Waals surface area contributed by atoms with Crippen molar-refractivity contribution < 1.29 is 12.6 Å². The lowest BCUT2D eigenvalue weighted by atomic mass is 9.45. The Bertz CT molecular complexity index is 679. The van der Waals surface area contributed by atoms with E-state index in [1.807, 2.05) is 0 Å². The Morgan fingerprint density at radius 3 is 2.64 bits per heavy atom. The van der Waals surface area contributed by atoms with E-state index in [9.17, 15) is 8.42 Å². The molecular formula is C21H34O3S. The quantitative estimate of drug-likeness (QED) is 0.514. The van der Waals surface area contributed by atoms with E-state index in [0.29, 0.717) is 18.4 Å². The molecule has 142 valence electrons. The van der Waals surface area contributed by atoms with E-state index in [2.05, 4.69) is 39.5 Å². The summed E-state index contributed by atoms with van der Waals surface area (Å²) in [5.74, 6) is 1.13. The van der Waals surface area contributed by atoms with E-state index >= 15 is 0 Å². The summed E-state index contributed by atoms with van der Waals surface area (Å²) in [5.41, 5.74) is 2.07. The average molecular weight is 367 g/mol. The molecule has 0 radical (unpaired) electrons. The number of fused-ring (bicyclic) bond motifs is 3. The Morgan fingerprint density at radius 2 is 2.00 bits per heavy atom. The number of hydrogen-bond donors (Lipinski definition) is 0. The molecule has 4 heteroatoms. The van der Waals surface area contributed by atoms with Gasteiger partial charge < -0.3 is 0 Å². The van der Waals surface area contributed by atoms with Crippen LogP contribution in [0.2, 0.25) is 0 Å². The van der Waals surface area contributed by atoms with Crippen LogP contribution >= 0.6 is 0 Å². The lowest BCUT2D eigenvalue weighted by Gasteiger charge is -2.59. The molecule has 0 bridgehead atoms. The smallest absolute Gasteiger partial charge is 0.264 e. The highest BCUT2D eigenvalue weighted by Crippen LogP contribution is 2.63. The van der Waals surface area contributed by atoms with Crippen LogP contribution < -0.4 is 0 Å². The molecule has 3 aliphatic rings. The van der Waals surface area contributed by atoms with Gasteiger partial charge in [-0.3, -0.25) is 4.18 Å². The van der Waals surface area contributed by atoms with Crippen molar-refractivity contribution >= 4 is 10.1 Å². The molecule has 1 unspecified atom stereocenters. The van der Waals surface area contributed by atoms with Gasteiger partial charge in [0, 0.05) is 0 Å². The lowest BCUT2D eigenvalue weighted by Crippen LogP contribution is -2.52. The average Bonchev–Trinajstić information content (AvgIpc) is 2.52. The second-order valence-corrected chi connectivity index (χ2v) is 11.3. The van der Waals surface area contributed by atoms with Crippen molar-refractivity contribution in [2.24, 2.45) is 28.1 Å². The molecular weight excluding hydrogens is 332 g/mol. The van der Waals surface area contributed by atoms with Gasteiger partial charge in [0.2, 0.25) is 0 Å². The molecule has 0 heterocycles. The molecule has 2 fully saturated rings. The largest absolute Gasteiger partial charge is 0.270 e. The zero-order valence-electron chi connectivity index (χ0n) is 16.3. The second-order valence-electron chi connectivity index (χ2n) is 9.67. The van der Waals surface area contributed by atoms with Crippen molar-refractivity contribution in [3.05, 3.63) is 24.3 Å². The van der Waals surface area contributed by atoms with Crippen LogP contribution in [0.25, 0.3) is 0 Å². The molecule has 0 N–H and O–H groups in total. The fourth-order valence-electron chi connectivity index (χ4n) is 6.15. The first-order valence-corrected chi connectivity index (χ1v) is 11.5. The Kier molecular flexibility index (Phi) is 4.77. The first kappa shape index (κ1) is 19.2. The van der Waals surface area contributed by atoms with Crippen LogP contribution in [0.3, 0.4) is 0 Å². The third-order valence-corrected chi connectivity index (χ3v) is 8.21. The van der Waals surface area contributed by atoms with E-state index in [4.69, 9.17) is 4.18 Å². The van der Waals surface area contributed by atoms with E-state index in [-0.39, 0.29) is 16.2 Å². The van der Waals surface area contributed by atoms with Gasteiger partial charge in [-0.2, -0.15) is 8.42 Å². The highest BCUT2D eigenvalue weighted by Gasteiger charge is 2.55. The van der Waals surface area contributed by atoms with Gasteiger partial charge >= 0.3 is 0 Å². The van der Waals surface area contributed by atoms with Gasteiger partial charge in [0.25, 0.3) is 10.1 Å². The van der Waals surface area contributed by atoms with Crippen LogP contribution in [-0.2, 0) is 14.3 Å². The summed E-state index contributed by atoms with van der Waals surface area (Å²) < 4.78 is 28.4. The predicted molar refractivity (Wildman–Crippen MR) is 103 cm³/mol. The molecule has 0 aromatic heterocycles. The minimum absolute atomic E-state index is 0.0582. The fraction of sp³-hybridized carbons (Fsp3) is 0.810. The maximum absolute atomic E-state index is 11.5. The first-order chi connectivity index (χ1) is 11.5. The molecule has 25 heavy (non-hydrogen) atoms. The SMILES string of the molecule is C=C[C@@]1(C)CC[C@@H]2C(=CCC3[C@](C)(COS(C)(=O)=O)CCC[C@@]32C)C1. The van der Waals surface area contributed by atoms with Crippen LogP contribution in [0.4, 0.5) is 0 Å². The third kappa shape index (κ3) is 3.49. The summed E-state index contributed by atoms with van der Waals surface area (Å²) >= 11 is 0. The standard InChI is InChI=1S/C21H34O3S/c1-6-19(2)13-10-17-16(14-19)8-9-18-20(3,15-24-25(5,22)23)11-7-12-21(17,18)4/h6,8,17-18H,1,7,9-15H2,2-5H3/t17-,18?,19+,20+,21-/m1/s1. The number of rotatable bonds is 4. The number of hydrogen-bond acceptors (Lipinski definition) is 3. The summed E-state index contributed by atoms with van der Waals surface area (Å²) in [6.07, 6.45) is 13.9. The van der Waals surface area contributed by atoms with Crippen LogP contribution in [-0.4, -0.2) is 21.3 Å². The number of allylic oxidation sites excluding steroid dienone is 3. The second kappa shape index (κ2) is 6.23. The predicted octanol–water partition coefficient (Wildman–Crippen LogP) is 5.10. The molecule has 0 aromatic carbocycles. The Hall–Kier alpha value is -0.610. The fourth-order valence-corrected chi connectivity index (χ4v) is 6.63. The summed E-state index contributed by atoms with van der Waals surface area (Å²) in [7, 11) is -3.39. The monoisotopic (exact) mass is 366 g/mol. The minimum Gasteiger partial charge on any atom is -0.270 e. The molecule has 0 spiro atoms. The van der Waals surface area contributed by atoms with Crippen LogP contribution in [0, 0.1) is 28.1 Å². The van der Waals surface area contributed by atoms with Crippen LogP contribution in [0.5, 0.6) is 0 Å². The lowest BCUT2D eigenvalue weighted by molar-refractivity contribution is -0.0750. The van der Waals surface area contributed by atoms with Gasteiger partial charge in [-0.15, -0.1) is 6.58 Å². The molecule has 5 atom stereocenters. The van der Waals surface area contributed by atoms with Crippen LogP contribution in [0.1, 0.15) is 65.7 Å². The van der Waals surface area contributed by atoms with Gasteiger partial charge in [-0.25, -0.2) is 0 Å². The normalized spacial score (nSPS) is 44.4. The van der Waals surface area contributed by atoms with Gasteiger partial charge in [-0.05, 0) is 66.6 Å². The van der Waals surface area contributed by atoms with Crippen molar-refractivity contribution in [1.29, 1.82) is 0 Å². The topological polar surface area (TPSA) is 43.4 Å². The Morgan fingerprint density at radius 1 is 1.28 bits per heavy atom. The highest BCUT2D eigenvalue weighted by atomic mass is 32.2. The molecule has 0 amide bonds. The zero-order chi connectivity index (χ0) is 18.5. The third-order valence-electron chi connectivity index (χ3n) is 7.67. The van der Waals surface area contributed by atoms with E-state index < -0.39 is 10.1 Å². The van der Waals surface area contributed by atoms with Crippen molar-refractivity contribution in [3.63, 3.8) is 0 Å². The van der Waals surface area contributed by atoms with Crippen molar-refractivity contribution in [2.45, 2.75) is 65.7 Å². The summed E-state index contributed by atoms with van der Waals surface area (Å²) in [4.78, 5) is 0. The van der Waals surface area contributed by atoms with Crippen LogP contribution in [0.15, 0.2) is 24.3 Å². The molecule has 3 aliphatic carbocycles. The van der Waals surface area contributed by atoms with Gasteiger partial charge in [0.15, 0.2) is 0 Å². The van der Waals surface area contributed by atoms with Crippen molar-refractivity contribution in [3.8, 4) is 0 Å². The molecule has 3 nitrogen and oxygen atoms in total. The Balaban J connectivity index is 1.88. The molecule has 0 saturated heterocycles. The summed E-state index contributed by atoms with van der Waals surface area (Å²) in [6.45, 7) is 11.4. The maximum atomic E-state index is 11.5. The van der Waals surface area contributed by atoms with Gasteiger partial charge in [0.1, 0.15) is 0 Å². The van der Waals surface area contributed by atoms with E-state index in [0.717, 1.165) is 25.5 Å². The van der Waals surface area contributed by atoms with Gasteiger partial charge in [-0.1, -0.05) is 44.9 Å². The molecule has 2 saturated carbocycles. The maximum Gasteiger partial charge on any atom is 0.264 e. The first-order valence-electron chi connectivity index (χ1n) is 9.68. The van der Waals surface area contributed by atoms with Crippen molar-refractivity contribution in [2.75, 3.05) is 12.9 Å². The van der Waals surface area contributed by atoms with Gasteiger partial charge in [0.05, 0.1) is 12.9 Å². The Labute approximate surface area is 154 Å². The molecule has 0 aliphatic heterocycles. The van der Waals surface area contributed by atoms with Crippen molar-refractivity contribution in [1.82, 2.24) is 0 Å².